The maximum absolute atomic E-state index is 12.2. The average Bonchev–Trinajstić information content (AvgIpc) is 2.96. The molecule has 1 atom stereocenters. The lowest BCUT2D eigenvalue weighted by molar-refractivity contribution is 0.160. The molecule has 20 heavy (non-hydrogen) atoms. The first-order valence-electron chi connectivity index (χ1n) is 6.51. The van der Waals surface area contributed by atoms with Gasteiger partial charge >= 0.3 is 0 Å². The van der Waals surface area contributed by atoms with Gasteiger partial charge in [-0.15, -0.1) is 0 Å². The number of aliphatic hydroxyl groups excluding tert-OH is 1. The Hall–Kier alpha value is -2.40. The van der Waals surface area contributed by atoms with Crippen LogP contribution >= 0.6 is 0 Å². The van der Waals surface area contributed by atoms with Crippen LogP contribution < -0.4 is 5.56 Å². The largest absolute Gasteiger partial charge is 0.388 e. The molecule has 5 heteroatoms. The van der Waals surface area contributed by atoms with Crippen molar-refractivity contribution >= 4 is 5.52 Å². The quantitative estimate of drug-likeness (QED) is 0.783. The van der Waals surface area contributed by atoms with Gasteiger partial charge < -0.3 is 9.67 Å². The first kappa shape index (κ1) is 12.6. The monoisotopic (exact) mass is 269 g/mol. The van der Waals surface area contributed by atoms with Crippen LogP contribution in [0.3, 0.4) is 0 Å². The van der Waals surface area contributed by atoms with Gasteiger partial charge in [-0.25, -0.2) is 4.52 Å². The van der Waals surface area contributed by atoms with Crippen LogP contribution in [0.5, 0.6) is 0 Å². The Morgan fingerprint density at radius 2 is 1.95 bits per heavy atom. The van der Waals surface area contributed by atoms with Crippen molar-refractivity contribution in [3.05, 3.63) is 70.9 Å². The van der Waals surface area contributed by atoms with Gasteiger partial charge in [-0.2, -0.15) is 5.10 Å². The molecule has 3 aromatic rings. The lowest BCUT2D eigenvalue weighted by Crippen LogP contribution is -2.22. The van der Waals surface area contributed by atoms with E-state index in [9.17, 15) is 9.90 Å². The third-order valence-electron chi connectivity index (χ3n) is 3.37. The van der Waals surface area contributed by atoms with E-state index in [2.05, 4.69) is 5.10 Å². The van der Waals surface area contributed by atoms with Gasteiger partial charge in [0.1, 0.15) is 5.52 Å². The molecule has 102 valence electrons. The molecule has 2 aromatic heterocycles. The normalized spacial score (nSPS) is 12.7. The van der Waals surface area contributed by atoms with E-state index < -0.39 is 6.10 Å². The van der Waals surface area contributed by atoms with Crippen molar-refractivity contribution in [1.82, 2.24) is 14.2 Å². The highest BCUT2D eigenvalue weighted by Crippen LogP contribution is 2.16. The molecular formula is C15H15N3O2. The second-order valence-corrected chi connectivity index (χ2v) is 4.67. The van der Waals surface area contributed by atoms with Gasteiger partial charge in [0.15, 0.2) is 0 Å². The van der Waals surface area contributed by atoms with Gasteiger partial charge in [-0.1, -0.05) is 30.3 Å². The number of benzene rings is 1. The van der Waals surface area contributed by atoms with E-state index in [4.69, 9.17) is 0 Å². The van der Waals surface area contributed by atoms with E-state index in [1.807, 2.05) is 30.3 Å². The fraction of sp³-hybridized carbons (Fsp3) is 0.200. The maximum atomic E-state index is 12.2. The van der Waals surface area contributed by atoms with E-state index in [1.54, 1.807) is 33.7 Å². The third kappa shape index (κ3) is 2.35. The predicted molar refractivity (Wildman–Crippen MR) is 75.5 cm³/mol. The molecule has 0 aliphatic rings. The smallest absolute Gasteiger partial charge is 0.276 e. The topological polar surface area (TPSA) is 59.5 Å². The number of nitrogens with zero attached hydrogens (tertiary/aromatic N) is 3. The number of aliphatic hydroxyl groups is 1. The Bertz CT molecular complexity index is 761. The molecule has 2 heterocycles. The molecule has 0 fully saturated rings. The molecule has 1 aromatic carbocycles. The summed E-state index contributed by atoms with van der Waals surface area (Å²) in [5.41, 5.74) is 1.32. The Morgan fingerprint density at radius 3 is 2.75 bits per heavy atom. The first-order chi connectivity index (χ1) is 9.75. The molecule has 0 saturated carbocycles. The van der Waals surface area contributed by atoms with Crippen molar-refractivity contribution in [2.45, 2.75) is 19.1 Å². The molecule has 0 amide bonds. The van der Waals surface area contributed by atoms with E-state index in [0.29, 0.717) is 18.5 Å². The minimum Gasteiger partial charge on any atom is -0.388 e. The first-order valence-corrected chi connectivity index (χ1v) is 6.51. The van der Waals surface area contributed by atoms with Crippen molar-refractivity contribution in [3.63, 3.8) is 0 Å². The summed E-state index contributed by atoms with van der Waals surface area (Å²) in [4.78, 5) is 12.2. The Morgan fingerprint density at radius 1 is 1.15 bits per heavy atom. The summed E-state index contributed by atoms with van der Waals surface area (Å²) in [6.45, 7) is 0.469. The summed E-state index contributed by atoms with van der Waals surface area (Å²) in [5.74, 6) is 0. The summed E-state index contributed by atoms with van der Waals surface area (Å²) >= 11 is 0. The molecule has 0 saturated heterocycles. The molecule has 0 spiro atoms. The molecule has 0 aliphatic carbocycles. The van der Waals surface area contributed by atoms with Gasteiger partial charge in [0, 0.05) is 18.9 Å². The third-order valence-corrected chi connectivity index (χ3v) is 3.37. The molecule has 5 nitrogen and oxygen atoms in total. The highest BCUT2D eigenvalue weighted by molar-refractivity contribution is 5.42. The zero-order chi connectivity index (χ0) is 13.9. The van der Waals surface area contributed by atoms with Crippen LogP contribution in [0.25, 0.3) is 5.52 Å². The zero-order valence-electron chi connectivity index (χ0n) is 10.9. The molecule has 0 bridgehead atoms. The van der Waals surface area contributed by atoms with Crippen LogP contribution in [0, 0.1) is 0 Å². The van der Waals surface area contributed by atoms with Crippen LogP contribution in [0.2, 0.25) is 0 Å². The number of aryl methyl sites for hydroxylation is 1. The highest BCUT2D eigenvalue weighted by atomic mass is 16.3. The summed E-state index contributed by atoms with van der Waals surface area (Å²) < 4.78 is 3.15. The van der Waals surface area contributed by atoms with Crippen LogP contribution in [-0.2, 0) is 6.54 Å². The average molecular weight is 269 g/mol. The molecule has 0 radical (unpaired) electrons. The van der Waals surface area contributed by atoms with Crippen LogP contribution in [0.15, 0.2) is 59.8 Å². The molecule has 1 unspecified atom stereocenters. The molecule has 1 N–H and O–H groups in total. The van der Waals surface area contributed by atoms with Gasteiger partial charge in [0.25, 0.3) is 5.56 Å². The van der Waals surface area contributed by atoms with Crippen molar-refractivity contribution in [1.29, 1.82) is 0 Å². The maximum Gasteiger partial charge on any atom is 0.276 e. The lowest BCUT2D eigenvalue weighted by atomic mass is 10.1. The summed E-state index contributed by atoms with van der Waals surface area (Å²) in [6, 6.07) is 11.1. The molecular weight excluding hydrogens is 254 g/mol. The number of hydrogen-bond donors (Lipinski definition) is 1. The van der Waals surface area contributed by atoms with E-state index >= 15 is 0 Å². The van der Waals surface area contributed by atoms with Gasteiger partial charge in [0.05, 0.1) is 12.3 Å². The minimum atomic E-state index is -0.566. The number of aromatic nitrogens is 3. The van der Waals surface area contributed by atoms with E-state index in [-0.39, 0.29) is 5.56 Å². The zero-order valence-corrected chi connectivity index (χ0v) is 10.9. The Kier molecular flexibility index (Phi) is 3.35. The summed E-state index contributed by atoms with van der Waals surface area (Å²) in [5, 5.41) is 14.1. The van der Waals surface area contributed by atoms with Gasteiger partial charge in [-0.3, -0.25) is 4.79 Å². The summed E-state index contributed by atoms with van der Waals surface area (Å²) in [7, 11) is 0. The van der Waals surface area contributed by atoms with Gasteiger partial charge in [0.2, 0.25) is 0 Å². The Labute approximate surface area is 115 Å². The predicted octanol–water partition coefficient (Wildman–Crippen LogP) is 1.62. The molecule has 0 aliphatic heterocycles. The number of rotatable bonds is 4. The Balaban J connectivity index is 1.77. The van der Waals surface area contributed by atoms with Crippen molar-refractivity contribution in [2.24, 2.45) is 0 Å². The van der Waals surface area contributed by atoms with Crippen LogP contribution in [0.1, 0.15) is 18.1 Å². The van der Waals surface area contributed by atoms with Gasteiger partial charge in [-0.05, 0) is 18.1 Å². The van der Waals surface area contributed by atoms with Crippen molar-refractivity contribution < 1.29 is 5.11 Å². The second-order valence-electron chi connectivity index (χ2n) is 4.67. The second kappa shape index (κ2) is 5.30. The van der Waals surface area contributed by atoms with Crippen LogP contribution in [0.4, 0.5) is 0 Å². The highest BCUT2D eigenvalue weighted by Gasteiger charge is 2.08. The van der Waals surface area contributed by atoms with E-state index in [1.165, 1.54) is 0 Å². The minimum absolute atomic E-state index is 0.0924. The molecule has 3 rings (SSSR count). The standard InChI is InChI=1S/C15H15N3O2/c19-14(12-4-2-1-3-5-12)7-9-17-10-11-18-13(15(17)20)6-8-16-18/h1-6,8,10-11,14,19H,7,9H2. The lowest BCUT2D eigenvalue weighted by Gasteiger charge is -2.12. The number of fused-ring (bicyclic) bond motifs is 1. The number of hydrogen-bond acceptors (Lipinski definition) is 3. The van der Waals surface area contributed by atoms with Crippen LogP contribution in [-0.4, -0.2) is 19.3 Å². The SMILES string of the molecule is O=c1c2ccnn2ccn1CCC(O)c1ccccc1. The fourth-order valence-electron chi connectivity index (χ4n) is 2.24. The van der Waals surface area contributed by atoms with Crippen molar-refractivity contribution in [3.8, 4) is 0 Å². The van der Waals surface area contributed by atoms with E-state index in [0.717, 1.165) is 5.56 Å². The van der Waals surface area contributed by atoms with Crippen molar-refractivity contribution in [2.75, 3.05) is 0 Å². The fourth-order valence-corrected chi connectivity index (χ4v) is 2.24. The summed E-state index contributed by atoms with van der Waals surface area (Å²) in [6.07, 6.45) is 4.96.